The third-order valence-corrected chi connectivity index (χ3v) is 4.95. The summed E-state index contributed by atoms with van der Waals surface area (Å²) in [6, 6.07) is 2.27. The first-order valence-corrected chi connectivity index (χ1v) is 9.39. The van der Waals surface area contributed by atoms with Gasteiger partial charge in [-0.05, 0) is 6.92 Å². The van der Waals surface area contributed by atoms with E-state index in [4.69, 9.17) is 17.0 Å². The van der Waals surface area contributed by atoms with E-state index in [0.29, 0.717) is 37.7 Å². The number of hydrogen-bond donors (Lipinski definition) is 1. The third kappa shape index (κ3) is 4.32. The molecule has 152 valence electrons. The summed E-state index contributed by atoms with van der Waals surface area (Å²) in [6.07, 6.45) is -1.12. The molecule has 2 amide bonds. The molecule has 0 radical (unpaired) electrons. The molecular formula is C18H22F2N4O3S. The van der Waals surface area contributed by atoms with E-state index in [2.05, 4.69) is 5.32 Å². The van der Waals surface area contributed by atoms with Gasteiger partial charge in [0, 0.05) is 45.2 Å². The number of nitrogens with zero attached hydrogens (tertiary/aromatic N) is 3. The van der Waals surface area contributed by atoms with Crippen molar-refractivity contribution in [2.75, 3.05) is 49.1 Å². The Hall–Kier alpha value is -2.49. The summed E-state index contributed by atoms with van der Waals surface area (Å²) in [7, 11) is 0. The number of benzene rings is 1. The molecule has 28 heavy (non-hydrogen) atoms. The molecule has 0 saturated carbocycles. The lowest BCUT2D eigenvalue weighted by Crippen LogP contribution is -2.48. The number of anilines is 2. The number of piperazine rings is 1. The van der Waals surface area contributed by atoms with Crippen molar-refractivity contribution < 1.29 is 23.1 Å². The van der Waals surface area contributed by atoms with Crippen LogP contribution in [0.1, 0.15) is 13.8 Å². The van der Waals surface area contributed by atoms with Crippen molar-refractivity contribution in [3.05, 3.63) is 23.8 Å². The van der Waals surface area contributed by atoms with Crippen LogP contribution in [0.5, 0.6) is 0 Å². The van der Waals surface area contributed by atoms with E-state index in [1.807, 2.05) is 0 Å². The van der Waals surface area contributed by atoms with Gasteiger partial charge in [-0.25, -0.2) is 13.6 Å². The van der Waals surface area contributed by atoms with Crippen molar-refractivity contribution in [3.63, 3.8) is 0 Å². The Labute approximate surface area is 167 Å². The fourth-order valence-electron chi connectivity index (χ4n) is 3.35. The SMILES string of the molecule is CC(=O)N1CCN(c2c(F)cc(N3C[C@H](CNC(C)=S)OC3=O)cc2F)CC1. The van der Waals surface area contributed by atoms with E-state index in [0.717, 1.165) is 12.1 Å². The smallest absolute Gasteiger partial charge is 0.414 e. The molecule has 0 bridgehead atoms. The molecule has 0 aromatic heterocycles. The minimum Gasteiger partial charge on any atom is -0.442 e. The molecule has 2 aliphatic heterocycles. The monoisotopic (exact) mass is 412 g/mol. The van der Waals surface area contributed by atoms with Crippen molar-refractivity contribution in [1.82, 2.24) is 10.2 Å². The van der Waals surface area contributed by atoms with Gasteiger partial charge < -0.3 is 19.9 Å². The van der Waals surface area contributed by atoms with Crippen molar-refractivity contribution >= 4 is 40.6 Å². The first-order valence-electron chi connectivity index (χ1n) is 8.98. The number of carbonyl (C=O) groups excluding carboxylic acids is 2. The normalized spacial score (nSPS) is 19.6. The molecule has 1 atom stereocenters. The minimum atomic E-state index is -0.754. The number of halogens is 2. The van der Waals surface area contributed by atoms with Gasteiger partial charge in [0.15, 0.2) is 11.6 Å². The summed E-state index contributed by atoms with van der Waals surface area (Å²) in [4.78, 5) is 28.5. The highest BCUT2D eigenvalue weighted by molar-refractivity contribution is 7.80. The largest absolute Gasteiger partial charge is 0.442 e. The molecule has 2 heterocycles. The number of rotatable bonds is 4. The van der Waals surface area contributed by atoms with Crippen LogP contribution in [0.2, 0.25) is 0 Å². The second-order valence-corrected chi connectivity index (χ2v) is 7.42. The fourth-order valence-corrected chi connectivity index (χ4v) is 3.43. The molecule has 2 aliphatic rings. The molecule has 2 fully saturated rings. The molecule has 1 aromatic rings. The average Bonchev–Trinajstić information content (AvgIpc) is 3.00. The molecule has 7 nitrogen and oxygen atoms in total. The predicted octanol–water partition coefficient (Wildman–Crippen LogP) is 1.90. The van der Waals surface area contributed by atoms with Crippen LogP contribution in [-0.4, -0.2) is 67.3 Å². The molecule has 1 aromatic carbocycles. The van der Waals surface area contributed by atoms with Gasteiger partial charge in [-0.2, -0.15) is 0 Å². The molecule has 1 N–H and O–H groups in total. The summed E-state index contributed by atoms with van der Waals surface area (Å²) in [6.45, 7) is 5.17. The number of thiocarbonyl (C=S) groups is 1. The Morgan fingerprint density at radius 1 is 1.21 bits per heavy atom. The molecule has 10 heteroatoms. The van der Waals surface area contributed by atoms with E-state index >= 15 is 0 Å². The Balaban J connectivity index is 1.73. The van der Waals surface area contributed by atoms with Crippen molar-refractivity contribution in [2.24, 2.45) is 0 Å². The standard InChI is InChI=1S/C18H22F2N4O3S/c1-11(28)21-9-14-10-24(18(26)27-14)13-7-15(19)17(16(20)8-13)23-5-3-22(4-6-23)12(2)25/h7-8,14H,3-6,9-10H2,1-2H3,(H,21,28)/t14-/m0/s1. The average molecular weight is 412 g/mol. The zero-order chi connectivity index (χ0) is 20.4. The topological polar surface area (TPSA) is 65.1 Å². The van der Waals surface area contributed by atoms with Crippen LogP contribution in [-0.2, 0) is 9.53 Å². The molecule has 0 aliphatic carbocycles. The van der Waals surface area contributed by atoms with Crippen LogP contribution < -0.4 is 15.1 Å². The molecule has 3 rings (SSSR count). The number of amides is 2. The maximum atomic E-state index is 14.7. The van der Waals surface area contributed by atoms with E-state index in [1.165, 1.54) is 11.8 Å². The van der Waals surface area contributed by atoms with Gasteiger partial charge in [-0.15, -0.1) is 0 Å². The number of carbonyl (C=O) groups is 2. The summed E-state index contributed by atoms with van der Waals surface area (Å²) in [5, 5.41) is 2.91. The molecular weight excluding hydrogens is 390 g/mol. The first-order chi connectivity index (χ1) is 13.3. The number of nitrogens with one attached hydrogen (secondary N) is 1. The minimum absolute atomic E-state index is 0.0589. The highest BCUT2D eigenvalue weighted by atomic mass is 32.1. The van der Waals surface area contributed by atoms with Gasteiger partial charge >= 0.3 is 6.09 Å². The molecule has 2 saturated heterocycles. The number of hydrogen-bond acceptors (Lipinski definition) is 5. The van der Waals surface area contributed by atoms with E-state index < -0.39 is 23.8 Å². The second kappa shape index (κ2) is 8.26. The van der Waals surface area contributed by atoms with Crippen LogP contribution in [0.15, 0.2) is 12.1 Å². The zero-order valence-corrected chi connectivity index (χ0v) is 16.5. The van der Waals surface area contributed by atoms with Gasteiger partial charge in [-0.3, -0.25) is 9.69 Å². The number of cyclic esters (lactones) is 1. The van der Waals surface area contributed by atoms with Crippen LogP contribution >= 0.6 is 12.2 Å². The van der Waals surface area contributed by atoms with E-state index in [-0.39, 0.29) is 23.8 Å². The van der Waals surface area contributed by atoms with E-state index in [9.17, 15) is 18.4 Å². The van der Waals surface area contributed by atoms with Crippen molar-refractivity contribution in [1.29, 1.82) is 0 Å². The fraction of sp³-hybridized carbons (Fsp3) is 0.500. The summed E-state index contributed by atoms with van der Waals surface area (Å²) in [5.74, 6) is -1.57. The molecule has 0 spiro atoms. The van der Waals surface area contributed by atoms with Gasteiger partial charge in [0.2, 0.25) is 5.91 Å². The predicted molar refractivity (Wildman–Crippen MR) is 105 cm³/mol. The third-order valence-electron chi connectivity index (χ3n) is 4.81. The Bertz CT molecular complexity index is 776. The lowest BCUT2D eigenvalue weighted by molar-refractivity contribution is -0.129. The summed E-state index contributed by atoms with van der Waals surface area (Å²) >= 11 is 4.92. The lowest BCUT2D eigenvalue weighted by atomic mass is 10.2. The summed E-state index contributed by atoms with van der Waals surface area (Å²) < 4.78 is 34.6. The highest BCUT2D eigenvalue weighted by Gasteiger charge is 2.34. The quantitative estimate of drug-likeness (QED) is 0.762. The van der Waals surface area contributed by atoms with Crippen LogP contribution in [0.3, 0.4) is 0 Å². The van der Waals surface area contributed by atoms with Gasteiger partial charge in [0.05, 0.1) is 23.8 Å². The Morgan fingerprint density at radius 3 is 2.36 bits per heavy atom. The Kier molecular flexibility index (Phi) is 5.97. The maximum absolute atomic E-state index is 14.7. The van der Waals surface area contributed by atoms with Gasteiger partial charge in [0.25, 0.3) is 0 Å². The first kappa shape index (κ1) is 20.2. The maximum Gasteiger partial charge on any atom is 0.414 e. The van der Waals surface area contributed by atoms with Gasteiger partial charge in [-0.1, -0.05) is 12.2 Å². The molecule has 0 unspecified atom stereocenters. The van der Waals surface area contributed by atoms with Gasteiger partial charge in [0.1, 0.15) is 11.8 Å². The van der Waals surface area contributed by atoms with Crippen molar-refractivity contribution in [3.8, 4) is 0 Å². The van der Waals surface area contributed by atoms with E-state index in [1.54, 1.807) is 16.7 Å². The van der Waals surface area contributed by atoms with Crippen LogP contribution in [0, 0.1) is 11.6 Å². The van der Waals surface area contributed by atoms with Crippen molar-refractivity contribution in [2.45, 2.75) is 20.0 Å². The highest BCUT2D eigenvalue weighted by Crippen LogP contribution is 2.31. The second-order valence-electron chi connectivity index (χ2n) is 6.80. The van der Waals surface area contributed by atoms with Crippen LogP contribution in [0.4, 0.5) is 25.0 Å². The number of ether oxygens (including phenoxy) is 1. The van der Waals surface area contributed by atoms with Crippen LogP contribution in [0.25, 0.3) is 0 Å². The lowest BCUT2D eigenvalue weighted by Gasteiger charge is -2.36. The summed E-state index contributed by atoms with van der Waals surface area (Å²) in [5.41, 5.74) is -0.0400. The zero-order valence-electron chi connectivity index (χ0n) is 15.7. The Morgan fingerprint density at radius 2 is 1.82 bits per heavy atom.